The highest BCUT2D eigenvalue weighted by Crippen LogP contribution is 2.26. The third kappa shape index (κ3) is 3.75. The first kappa shape index (κ1) is 18.8. The molecule has 7 nitrogen and oxygen atoms in total. The fourth-order valence-corrected chi connectivity index (χ4v) is 3.80. The van der Waals surface area contributed by atoms with Gasteiger partial charge in [0.05, 0.1) is 16.6 Å². The summed E-state index contributed by atoms with van der Waals surface area (Å²) in [6.45, 7) is 5.68. The Labute approximate surface area is 159 Å². The topological polar surface area (TPSA) is 107 Å². The van der Waals surface area contributed by atoms with Gasteiger partial charge in [0.1, 0.15) is 11.4 Å². The molecule has 0 unspecified atom stereocenters. The maximum absolute atomic E-state index is 12.7. The van der Waals surface area contributed by atoms with Crippen LogP contribution in [0.15, 0.2) is 35.4 Å². The molecule has 0 saturated heterocycles. The number of hydrogen-bond acceptors (Lipinski definition) is 5. The molecule has 8 heteroatoms. The van der Waals surface area contributed by atoms with E-state index >= 15 is 0 Å². The van der Waals surface area contributed by atoms with Crippen molar-refractivity contribution in [3.05, 3.63) is 57.0 Å². The summed E-state index contributed by atoms with van der Waals surface area (Å²) in [5.74, 6) is -0.520. The maximum atomic E-state index is 12.7. The lowest BCUT2D eigenvalue weighted by Crippen LogP contribution is -2.28. The number of hydrogen-bond donors (Lipinski definition) is 2. The number of primary amides is 1. The Morgan fingerprint density at radius 1 is 1.26 bits per heavy atom. The summed E-state index contributed by atoms with van der Waals surface area (Å²) in [5, 5.41) is 3.10. The summed E-state index contributed by atoms with van der Waals surface area (Å²) < 4.78 is 1.23. The van der Waals surface area contributed by atoms with Crippen molar-refractivity contribution in [1.29, 1.82) is 0 Å². The van der Waals surface area contributed by atoms with Gasteiger partial charge < -0.3 is 11.1 Å². The highest BCUT2D eigenvalue weighted by molar-refractivity contribution is 7.20. The van der Waals surface area contributed by atoms with Crippen molar-refractivity contribution < 1.29 is 9.59 Å². The highest BCUT2D eigenvalue weighted by Gasteiger charge is 2.18. The Balaban J connectivity index is 1.82. The second kappa shape index (κ2) is 7.32. The van der Waals surface area contributed by atoms with Crippen LogP contribution in [0, 0.1) is 6.92 Å². The van der Waals surface area contributed by atoms with Gasteiger partial charge in [-0.3, -0.25) is 19.0 Å². The van der Waals surface area contributed by atoms with E-state index in [0.717, 1.165) is 11.3 Å². The van der Waals surface area contributed by atoms with Crippen LogP contribution in [0.2, 0.25) is 0 Å². The summed E-state index contributed by atoms with van der Waals surface area (Å²) in [6.07, 6.45) is 1.31. The normalized spacial score (nSPS) is 11.1. The molecule has 2 heterocycles. The number of nitrogens with zero attached hydrogens (tertiary/aromatic N) is 2. The summed E-state index contributed by atoms with van der Waals surface area (Å²) in [6, 6.07) is 7.58. The standard InChI is InChI=1S/C19H20N4O3S/c1-10(2)12-4-6-13(7-5-12)22-14(24)8-23-9-21-18-15(19(23)26)11(3)16(27-18)17(20)25/h4-7,9-10H,8H2,1-3H3,(H2,20,25)(H,22,24). The second-order valence-corrected chi connectivity index (χ2v) is 7.60. The zero-order valence-corrected chi connectivity index (χ0v) is 16.1. The third-order valence-electron chi connectivity index (χ3n) is 4.32. The smallest absolute Gasteiger partial charge is 0.262 e. The minimum atomic E-state index is -0.593. The van der Waals surface area contributed by atoms with E-state index in [1.54, 1.807) is 6.92 Å². The first-order valence-corrected chi connectivity index (χ1v) is 9.27. The predicted octanol–water partition coefficient (Wildman–Crippen LogP) is 2.63. The lowest BCUT2D eigenvalue weighted by atomic mass is 10.0. The lowest BCUT2D eigenvalue weighted by molar-refractivity contribution is -0.116. The molecule has 0 spiro atoms. The average Bonchev–Trinajstić information content (AvgIpc) is 2.95. The molecule has 3 aromatic rings. The predicted molar refractivity (Wildman–Crippen MR) is 106 cm³/mol. The number of benzene rings is 1. The number of anilines is 1. The van der Waals surface area contributed by atoms with Gasteiger partial charge in [-0.05, 0) is 36.1 Å². The average molecular weight is 384 g/mol. The molecule has 0 aliphatic rings. The van der Waals surface area contributed by atoms with Gasteiger partial charge in [-0.1, -0.05) is 26.0 Å². The van der Waals surface area contributed by atoms with Gasteiger partial charge in [0.2, 0.25) is 5.91 Å². The fourth-order valence-electron chi connectivity index (χ4n) is 2.81. The summed E-state index contributed by atoms with van der Waals surface area (Å²) in [5.41, 5.74) is 7.30. The van der Waals surface area contributed by atoms with Gasteiger partial charge in [0, 0.05) is 5.69 Å². The molecule has 0 atom stereocenters. The van der Waals surface area contributed by atoms with E-state index in [0.29, 0.717) is 32.3 Å². The van der Waals surface area contributed by atoms with Crippen molar-refractivity contribution in [3.63, 3.8) is 0 Å². The van der Waals surface area contributed by atoms with E-state index in [9.17, 15) is 14.4 Å². The Morgan fingerprint density at radius 3 is 2.52 bits per heavy atom. The minimum absolute atomic E-state index is 0.172. The van der Waals surface area contributed by atoms with Crippen LogP contribution in [-0.4, -0.2) is 21.4 Å². The quantitative estimate of drug-likeness (QED) is 0.705. The lowest BCUT2D eigenvalue weighted by Gasteiger charge is -2.09. The molecule has 3 rings (SSSR count). The van der Waals surface area contributed by atoms with E-state index in [4.69, 9.17) is 5.73 Å². The molecule has 0 bridgehead atoms. The Bertz CT molecular complexity index is 1080. The largest absolute Gasteiger partial charge is 0.365 e. The summed E-state index contributed by atoms with van der Waals surface area (Å²) in [7, 11) is 0. The van der Waals surface area contributed by atoms with Gasteiger partial charge >= 0.3 is 0 Å². The molecule has 140 valence electrons. The van der Waals surface area contributed by atoms with E-state index < -0.39 is 5.91 Å². The molecule has 0 radical (unpaired) electrons. The van der Waals surface area contributed by atoms with Crippen LogP contribution in [0.25, 0.3) is 10.2 Å². The minimum Gasteiger partial charge on any atom is -0.365 e. The number of nitrogens with two attached hydrogens (primary N) is 1. The number of aryl methyl sites for hydroxylation is 1. The van der Waals surface area contributed by atoms with Crippen LogP contribution in [0.1, 0.15) is 40.6 Å². The zero-order valence-electron chi connectivity index (χ0n) is 15.3. The number of amides is 2. The molecule has 0 aliphatic carbocycles. The van der Waals surface area contributed by atoms with Crippen molar-refractivity contribution in [1.82, 2.24) is 9.55 Å². The van der Waals surface area contributed by atoms with Crippen molar-refractivity contribution in [2.75, 3.05) is 5.32 Å². The van der Waals surface area contributed by atoms with Crippen molar-refractivity contribution in [2.45, 2.75) is 33.2 Å². The van der Waals surface area contributed by atoms with E-state index in [2.05, 4.69) is 24.1 Å². The van der Waals surface area contributed by atoms with Gasteiger partial charge in [0.25, 0.3) is 11.5 Å². The monoisotopic (exact) mass is 384 g/mol. The number of nitrogens with one attached hydrogen (secondary N) is 1. The number of fused-ring (bicyclic) bond motifs is 1. The molecule has 0 aliphatic heterocycles. The third-order valence-corrected chi connectivity index (χ3v) is 5.53. The Hall–Kier alpha value is -3.00. The van der Waals surface area contributed by atoms with Gasteiger partial charge in [-0.25, -0.2) is 4.98 Å². The molecule has 1 aromatic carbocycles. The van der Waals surface area contributed by atoms with Crippen LogP contribution in [-0.2, 0) is 11.3 Å². The fraction of sp³-hybridized carbons (Fsp3) is 0.263. The second-order valence-electron chi connectivity index (χ2n) is 6.60. The van der Waals surface area contributed by atoms with Crippen molar-refractivity contribution in [3.8, 4) is 0 Å². The molecular formula is C19H20N4O3S. The van der Waals surface area contributed by atoms with Gasteiger partial charge in [-0.2, -0.15) is 0 Å². The van der Waals surface area contributed by atoms with E-state index in [1.165, 1.54) is 16.5 Å². The molecule has 27 heavy (non-hydrogen) atoms. The van der Waals surface area contributed by atoms with E-state index in [-0.39, 0.29) is 18.0 Å². The van der Waals surface area contributed by atoms with Gasteiger partial charge in [-0.15, -0.1) is 11.3 Å². The van der Waals surface area contributed by atoms with Crippen LogP contribution in [0.5, 0.6) is 0 Å². The molecule has 0 saturated carbocycles. The van der Waals surface area contributed by atoms with E-state index in [1.807, 2.05) is 24.3 Å². The first-order valence-electron chi connectivity index (χ1n) is 8.46. The SMILES string of the molecule is Cc1c(C(N)=O)sc2ncn(CC(=O)Nc3ccc(C(C)C)cc3)c(=O)c12. The molecule has 2 aromatic heterocycles. The van der Waals surface area contributed by atoms with Crippen LogP contribution >= 0.6 is 11.3 Å². The van der Waals surface area contributed by atoms with Crippen molar-refractivity contribution >= 4 is 39.1 Å². The first-order chi connectivity index (χ1) is 12.8. The number of carbonyl (C=O) groups is 2. The molecule has 0 fully saturated rings. The molecule has 2 amide bonds. The Morgan fingerprint density at radius 2 is 1.93 bits per heavy atom. The summed E-state index contributed by atoms with van der Waals surface area (Å²) in [4.78, 5) is 41.4. The highest BCUT2D eigenvalue weighted by atomic mass is 32.1. The maximum Gasteiger partial charge on any atom is 0.262 e. The number of carbonyl (C=O) groups excluding carboxylic acids is 2. The Kier molecular flexibility index (Phi) is 5.09. The molecular weight excluding hydrogens is 364 g/mol. The van der Waals surface area contributed by atoms with Crippen LogP contribution in [0.4, 0.5) is 5.69 Å². The number of thiophene rings is 1. The zero-order chi connectivity index (χ0) is 19.7. The number of aromatic nitrogens is 2. The van der Waals surface area contributed by atoms with Crippen LogP contribution < -0.4 is 16.6 Å². The van der Waals surface area contributed by atoms with Crippen molar-refractivity contribution in [2.24, 2.45) is 5.73 Å². The van der Waals surface area contributed by atoms with Gasteiger partial charge in [0.15, 0.2) is 0 Å². The molecule has 3 N–H and O–H groups in total. The number of rotatable bonds is 5. The summed E-state index contributed by atoms with van der Waals surface area (Å²) >= 11 is 1.08. The van der Waals surface area contributed by atoms with Crippen LogP contribution in [0.3, 0.4) is 0 Å².